The smallest absolute Gasteiger partial charge is 0.335 e. The minimum absolute atomic E-state index is 0.199. The first kappa shape index (κ1) is 15.1. The Morgan fingerprint density at radius 1 is 1.19 bits per heavy atom. The van der Waals surface area contributed by atoms with E-state index < -0.39 is 5.97 Å². The molecule has 5 heteroatoms. The lowest BCUT2D eigenvalue weighted by Crippen LogP contribution is -2.23. The van der Waals surface area contributed by atoms with Crippen molar-refractivity contribution in [3.05, 3.63) is 69.7 Å². The molecular weight excluding hydrogens is 290 g/mol. The van der Waals surface area contributed by atoms with E-state index in [0.717, 1.165) is 11.1 Å². The molecule has 2 N–H and O–H groups in total. The molecule has 0 bridgehead atoms. The van der Waals surface area contributed by atoms with Crippen LogP contribution in [0.15, 0.2) is 42.5 Å². The predicted octanol–water partition coefficient (Wildman–Crippen LogP) is 3.28. The van der Waals surface area contributed by atoms with Gasteiger partial charge in [-0.2, -0.15) is 0 Å². The molecule has 4 nitrogen and oxygen atoms in total. The summed E-state index contributed by atoms with van der Waals surface area (Å²) in [6.07, 6.45) is 0. The molecule has 0 radical (unpaired) electrons. The summed E-state index contributed by atoms with van der Waals surface area (Å²) < 4.78 is 0. The molecule has 0 aliphatic rings. The van der Waals surface area contributed by atoms with Crippen molar-refractivity contribution in [3.63, 3.8) is 0 Å². The fourth-order valence-electron chi connectivity index (χ4n) is 1.97. The highest BCUT2D eigenvalue weighted by Gasteiger charge is 2.09. The van der Waals surface area contributed by atoms with Crippen LogP contribution in [0.25, 0.3) is 0 Å². The minimum atomic E-state index is -0.989. The van der Waals surface area contributed by atoms with Crippen LogP contribution in [0.4, 0.5) is 0 Å². The third-order valence-corrected chi connectivity index (χ3v) is 3.30. The number of aromatic carboxylic acids is 1. The quantitative estimate of drug-likeness (QED) is 0.911. The van der Waals surface area contributed by atoms with Gasteiger partial charge in [-0.05, 0) is 48.4 Å². The second-order valence-electron chi connectivity index (χ2n) is 4.65. The zero-order chi connectivity index (χ0) is 15.4. The monoisotopic (exact) mass is 303 g/mol. The van der Waals surface area contributed by atoms with E-state index in [1.54, 1.807) is 30.3 Å². The van der Waals surface area contributed by atoms with Crippen LogP contribution in [0.1, 0.15) is 31.8 Å². The van der Waals surface area contributed by atoms with Crippen molar-refractivity contribution >= 4 is 23.5 Å². The molecule has 0 heterocycles. The molecule has 0 atom stereocenters. The van der Waals surface area contributed by atoms with Gasteiger partial charge in [-0.25, -0.2) is 4.79 Å². The number of carbonyl (C=O) groups excluding carboxylic acids is 1. The highest BCUT2D eigenvalue weighted by atomic mass is 35.5. The molecule has 108 valence electrons. The highest BCUT2D eigenvalue weighted by Crippen LogP contribution is 2.15. The Hall–Kier alpha value is -2.33. The van der Waals surface area contributed by atoms with Gasteiger partial charge >= 0.3 is 5.97 Å². The van der Waals surface area contributed by atoms with Crippen molar-refractivity contribution in [2.45, 2.75) is 13.5 Å². The van der Waals surface area contributed by atoms with Crippen molar-refractivity contribution in [3.8, 4) is 0 Å². The van der Waals surface area contributed by atoms with Gasteiger partial charge in [0, 0.05) is 17.1 Å². The number of rotatable bonds is 4. The summed E-state index contributed by atoms with van der Waals surface area (Å²) >= 11 is 5.85. The zero-order valence-electron chi connectivity index (χ0n) is 11.4. The first-order valence-corrected chi connectivity index (χ1v) is 6.72. The lowest BCUT2D eigenvalue weighted by molar-refractivity contribution is 0.0696. The number of nitrogens with one attached hydrogen (secondary N) is 1. The van der Waals surface area contributed by atoms with Gasteiger partial charge in [-0.15, -0.1) is 0 Å². The summed E-state index contributed by atoms with van der Waals surface area (Å²) in [5.41, 5.74) is 2.27. The summed E-state index contributed by atoms with van der Waals surface area (Å²) in [4.78, 5) is 23.0. The first-order valence-electron chi connectivity index (χ1n) is 6.34. The Bertz CT molecular complexity index is 698. The third kappa shape index (κ3) is 3.83. The number of carboxylic acids is 1. The summed E-state index contributed by atoms with van der Waals surface area (Å²) in [7, 11) is 0. The van der Waals surface area contributed by atoms with E-state index in [1.165, 1.54) is 12.1 Å². The number of carbonyl (C=O) groups is 2. The van der Waals surface area contributed by atoms with Crippen molar-refractivity contribution < 1.29 is 14.7 Å². The van der Waals surface area contributed by atoms with Crippen LogP contribution in [-0.4, -0.2) is 17.0 Å². The number of aryl methyl sites for hydroxylation is 1. The summed E-state index contributed by atoms with van der Waals surface area (Å²) in [6.45, 7) is 2.08. The Morgan fingerprint density at radius 2 is 1.95 bits per heavy atom. The number of hydrogen-bond donors (Lipinski definition) is 2. The van der Waals surface area contributed by atoms with E-state index in [1.807, 2.05) is 6.92 Å². The number of hydrogen-bond acceptors (Lipinski definition) is 2. The lowest BCUT2D eigenvalue weighted by Gasteiger charge is -2.08. The average molecular weight is 304 g/mol. The molecule has 0 spiro atoms. The average Bonchev–Trinajstić information content (AvgIpc) is 2.45. The molecule has 2 aromatic rings. The molecule has 21 heavy (non-hydrogen) atoms. The van der Waals surface area contributed by atoms with Crippen molar-refractivity contribution in [1.82, 2.24) is 5.32 Å². The van der Waals surface area contributed by atoms with Gasteiger partial charge < -0.3 is 10.4 Å². The number of halogens is 1. The van der Waals surface area contributed by atoms with Crippen LogP contribution in [0.5, 0.6) is 0 Å². The molecule has 0 aliphatic carbocycles. The molecule has 0 aliphatic heterocycles. The standard InChI is InChI=1S/C16H14ClNO3/c1-10-7-13(17)5-6-14(10)15(19)18-9-11-3-2-4-12(8-11)16(20)21/h2-8H,9H2,1H3,(H,18,19)(H,20,21). The van der Waals surface area contributed by atoms with Gasteiger partial charge in [-0.3, -0.25) is 4.79 Å². The van der Waals surface area contributed by atoms with E-state index in [2.05, 4.69) is 5.32 Å². The number of carboxylic acid groups (broad SMARTS) is 1. The van der Waals surface area contributed by atoms with Crippen LogP contribution >= 0.6 is 11.6 Å². The molecule has 0 unspecified atom stereocenters. The van der Waals surface area contributed by atoms with E-state index in [9.17, 15) is 9.59 Å². The number of benzene rings is 2. The Morgan fingerprint density at radius 3 is 2.62 bits per heavy atom. The molecule has 0 fully saturated rings. The van der Waals surface area contributed by atoms with Gasteiger partial charge in [0.15, 0.2) is 0 Å². The largest absolute Gasteiger partial charge is 0.478 e. The molecular formula is C16H14ClNO3. The summed E-state index contributed by atoms with van der Waals surface area (Å²) in [5, 5.41) is 12.3. The van der Waals surface area contributed by atoms with E-state index >= 15 is 0 Å². The van der Waals surface area contributed by atoms with Gasteiger partial charge in [0.1, 0.15) is 0 Å². The second-order valence-corrected chi connectivity index (χ2v) is 5.08. The predicted molar refractivity (Wildman–Crippen MR) is 80.8 cm³/mol. The third-order valence-electron chi connectivity index (χ3n) is 3.06. The molecule has 0 aromatic heterocycles. The van der Waals surface area contributed by atoms with Crippen molar-refractivity contribution in [1.29, 1.82) is 0 Å². The van der Waals surface area contributed by atoms with Crippen LogP contribution < -0.4 is 5.32 Å². The Labute approximate surface area is 127 Å². The van der Waals surface area contributed by atoms with Crippen LogP contribution in [0, 0.1) is 6.92 Å². The van der Waals surface area contributed by atoms with Crippen molar-refractivity contribution in [2.75, 3.05) is 0 Å². The normalized spacial score (nSPS) is 10.2. The second kappa shape index (κ2) is 6.41. The van der Waals surface area contributed by atoms with E-state index in [4.69, 9.17) is 16.7 Å². The summed E-state index contributed by atoms with van der Waals surface area (Å²) in [5.74, 6) is -1.21. The maximum atomic E-state index is 12.1. The molecule has 2 rings (SSSR count). The molecule has 1 amide bonds. The Balaban J connectivity index is 2.07. The lowest BCUT2D eigenvalue weighted by atomic mass is 10.1. The SMILES string of the molecule is Cc1cc(Cl)ccc1C(=O)NCc1cccc(C(=O)O)c1. The van der Waals surface area contributed by atoms with E-state index in [0.29, 0.717) is 10.6 Å². The number of amides is 1. The fraction of sp³-hybridized carbons (Fsp3) is 0.125. The van der Waals surface area contributed by atoms with Gasteiger partial charge in [0.2, 0.25) is 0 Å². The first-order chi connectivity index (χ1) is 9.97. The van der Waals surface area contributed by atoms with Crippen LogP contribution in [0.2, 0.25) is 5.02 Å². The molecule has 0 saturated heterocycles. The maximum absolute atomic E-state index is 12.1. The van der Waals surface area contributed by atoms with Gasteiger partial charge in [0.05, 0.1) is 5.56 Å². The molecule has 2 aromatic carbocycles. The van der Waals surface area contributed by atoms with Gasteiger partial charge in [0.25, 0.3) is 5.91 Å². The van der Waals surface area contributed by atoms with Crippen LogP contribution in [-0.2, 0) is 6.54 Å². The summed E-state index contributed by atoms with van der Waals surface area (Å²) in [6, 6.07) is 11.5. The Kier molecular flexibility index (Phi) is 4.60. The fourth-order valence-corrected chi connectivity index (χ4v) is 2.20. The van der Waals surface area contributed by atoms with E-state index in [-0.39, 0.29) is 18.0 Å². The van der Waals surface area contributed by atoms with Crippen molar-refractivity contribution in [2.24, 2.45) is 0 Å². The topological polar surface area (TPSA) is 66.4 Å². The zero-order valence-corrected chi connectivity index (χ0v) is 12.1. The van der Waals surface area contributed by atoms with Crippen LogP contribution in [0.3, 0.4) is 0 Å². The van der Waals surface area contributed by atoms with Gasteiger partial charge in [-0.1, -0.05) is 23.7 Å². The molecule has 0 saturated carbocycles. The minimum Gasteiger partial charge on any atom is -0.478 e. The maximum Gasteiger partial charge on any atom is 0.335 e. The highest BCUT2D eigenvalue weighted by molar-refractivity contribution is 6.30.